The van der Waals surface area contributed by atoms with Crippen molar-refractivity contribution in [3.8, 4) is 0 Å². The third-order valence-corrected chi connectivity index (χ3v) is 4.78. The number of carbonyl (C=O) groups excluding carboxylic acids is 2. The maximum atomic E-state index is 12.5. The number of amides is 2. The first kappa shape index (κ1) is 18.9. The Kier molecular flexibility index (Phi) is 5.44. The molecule has 0 spiro atoms. The summed E-state index contributed by atoms with van der Waals surface area (Å²) in [6.07, 6.45) is 5.01. The van der Waals surface area contributed by atoms with Gasteiger partial charge in [-0.2, -0.15) is 5.10 Å². The fourth-order valence-corrected chi connectivity index (χ4v) is 3.05. The van der Waals surface area contributed by atoms with E-state index >= 15 is 0 Å². The van der Waals surface area contributed by atoms with E-state index in [1.165, 1.54) is 6.08 Å². The van der Waals surface area contributed by atoms with Crippen LogP contribution in [0.3, 0.4) is 0 Å². The molecule has 27 heavy (non-hydrogen) atoms. The molecule has 142 valence electrons. The Morgan fingerprint density at radius 3 is 2.74 bits per heavy atom. The van der Waals surface area contributed by atoms with Gasteiger partial charge in [0.15, 0.2) is 0 Å². The molecule has 6 heteroatoms. The van der Waals surface area contributed by atoms with Gasteiger partial charge in [-0.3, -0.25) is 14.3 Å². The number of anilines is 2. The lowest BCUT2D eigenvalue weighted by atomic mass is 10.2. The quantitative estimate of drug-likeness (QED) is 0.757. The van der Waals surface area contributed by atoms with Gasteiger partial charge in [0.25, 0.3) is 5.91 Å². The summed E-state index contributed by atoms with van der Waals surface area (Å²) >= 11 is 0. The number of rotatable bonds is 7. The van der Waals surface area contributed by atoms with Gasteiger partial charge in [-0.1, -0.05) is 12.6 Å². The molecule has 1 N–H and O–H groups in total. The summed E-state index contributed by atoms with van der Waals surface area (Å²) in [6.45, 7) is 10.2. The molecule has 1 heterocycles. The van der Waals surface area contributed by atoms with E-state index in [0.29, 0.717) is 17.9 Å². The lowest BCUT2D eigenvalue weighted by Crippen LogP contribution is -2.29. The molecule has 3 rings (SSSR count). The SMILES string of the molecule is C=CC(=O)N(Cc1cnn(C(C)C)c1C)c1cccc(NC(=O)C2CC2)c1. The zero-order valence-electron chi connectivity index (χ0n) is 16.1. The highest BCUT2D eigenvalue weighted by Crippen LogP contribution is 2.31. The number of nitrogens with zero attached hydrogens (tertiary/aromatic N) is 3. The Labute approximate surface area is 159 Å². The van der Waals surface area contributed by atoms with Crippen molar-refractivity contribution in [2.45, 2.75) is 46.2 Å². The van der Waals surface area contributed by atoms with Crippen molar-refractivity contribution in [2.75, 3.05) is 10.2 Å². The predicted molar refractivity (Wildman–Crippen MR) is 107 cm³/mol. The normalized spacial score (nSPS) is 13.5. The molecule has 1 fully saturated rings. The van der Waals surface area contributed by atoms with Crippen LogP contribution in [0.15, 0.2) is 43.1 Å². The van der Waals surface area contributed by atoms with Gasteiger partial charge in [0.1, 0.15) is 0 Å². The van der Waals surface area contributed by atoms with E-state index in [1.54, 1.807) is 11.1 Å². The van der Waals surface area contributed by atoms with Gasteiger partial charge >= 0.3 is 0 Å². The van der Waals surface area contributed by atoms with Crippen LogP contribution in [-0.2, 0) is 16.1 Å². The van der Waals surface area contributed by atoms with E-state index in [4.69, 9.17) is 0 Å². The second-order valence-corrected chi connectivity index (χ2v) is 7.24. The summed E-state index contributed by atoms with van der Waals surface area (Å²) in [5, 5.41) is 7.36. The van der Waals surface area contributed by atoms with Crippen LogP contribution in [0.1, 0.15) is 44.0 Å². The van der Waals surface area contributed by atoms with Crippen LogP contribution in [0.25, 0.3) is 0 Å². The van der Waals surface area contributed by atoms with E-state index in [0.717, 1.165) is 24.1 Å². The molecule has 1 saturated carbocycles. The predicted octanol–water partition coefficient (Wildman–Crippen LogP) is 3.84. The Morgan fingerprint density at radius 2 is 2.15 bits per heavy atom. The molecule has 2 amide bonds. The van der Waals surface area contributed by atoms with Crippen molar-refractivity contribution in [1.29, 1.82) is 0 Å². The molecule has 1 aromatic carbocycles. The van der Waals surface area contributed by atoms with Crippen LogP contribution in [-0.4, -0.2) is 21.6 Å². The van der Waals surface area contributed by atoms with Crippen LogP contribution >= 0.6 is 0 Å². The summed E-state index contributed by atoms with van der Waals surface area (Å²) in [7, 11) is 0. The van der Waals surface area contributed by atoms with Crippen molar-refractivity contribution in [2.24, 2.45) is 5.92 Å². The molecule has 0 bridgehead atoms. The summed E-state index contributed by atoms with van der Waals surface area (Å²) in [4.78, 5) is 26.2. The zero-order chi connectivity index (χ0) is 19.6. The summed E-state index contributed by atoms with van der Waals surface area (Å²) in [5.74, 6) is -0.0238. The first-order chi connectivity index (χ1) is 12.9. The second kappa shape index (κ2) is 7.78. The average molecular weight is 366 g/mol. The molecule has 0 saturated heterocycles. The minimum absolute atomic E-state index is 0.0443. The average Bonchev–Trinajstić information content (AvgIpc) is 3.43. The van der Waals surface area contributed by atoms with Gasteiger partial charge in [0, 0.05) is 34.6 Å². The number of carbonyl (C=O) groups is 2. The highest BCUT2D eigenvalue weighted by Gasteiger charge is 2.29. The van der Waals surface area contributed by atoms with Crippen LogP contribution < -0.4 is 10.2 Å². The topological polar surface area (TPSA) is 67.2 Å². The first-order valence-electron chi connectivity index (χ1n) is 9.28. The minimum atomic E-state index is -0.197. The molecule has 0 unspecified atom stereocenters. The second-order valence-electron chi connectivity index (χ2n) is 7.24. The smallest absolute Gasteiger partial charge is 0.250 e. The van der Waals surface area contributed by atoms with E-state index in [2.05, 4.69) is 30.8 Å². The Hall–Kier alpha value is -2.89. The van der Waals surface area contributed by atoms with E-state index in [1.807, 2.05) is 35.9 Å². The number of hydrogen-bond acceptors (Lipinski definition) is 3. The van der Waals surface area contributed by atoms with Gasteiger partial charge in [0.2, 0.25) is 5.91 Å². The van der Waals surface area contributed by atoms with E-state index in [9.17, 15) is 9.59 Å². The van der Waals surface area contributed by atoms with Crippen LogP contribution in [0.5, 0.6) is 0 Å². The van der Waals surface area contributed by atoms with Crippen molar-refractivity contribution >= 4 is 23.2 Å². The van der Waals surface area contributed by atoms with E-state index in [-0.39, 0.29) is 23.8 Å². The molecule has 0 radical (unpaired) electrons. The molecule has 0 atom stereocenters. The van der Waals surface area contributed by atoms with Crippen molar-refractivity contribution in [1.82, 2.24) is 9.78 Å². The molecular weight excluding hydrogens is 340 g/mol. The maximum absolute atomic E-state index is 12.5. The lowest BCUT2D eigenvalue weighted by Gasteiger charge is -2.22. The molecule has 0 aliphatic heterocycles. The molecule has 2 aromatic rings. The Morgan fingerprint density at radius 1 is 1.41 bits per heavy atom. The monoisotopic (exact) mass is 366 g/mol. The zero-order valence-corrected chi connectivity index (χ0v) is 16.1. The summed E-state index contributed by atoms with van der Waals surface area (Å²) < 4.78 is 1.94. The number of hydrogen-bond donors (Lipinski definition) is 1. The number of nitrogens with one attached hydrogen (secondary N) is 1. The standard InChI is InChI=1S/C21H26N4O2/c1-5-20(26)24(13-17-12-22-25(14(2)3)15(17)4)19-8-6-7-18(11-19)23-21(27)16-9-10-16/h5-8,11-12,14,16H,1,9-10,13H2,2-4H3,(H,23,27). The third kappa shape index (κ3) is 4.27. The molecule has 1 aromatic heterocycles. The molecule has 1 aliphatic carbocycles. The molecule has 6 nitrogen and oxygen atoms in total. The Bertz CT molecular complexity index is 865. The van der Waals surface area contributed by atoms with Crippen molar-refractivity contribution in [3.05, 3.63) is 54.4 Å². The van der Waals surface area contributed by atoms with Crippen molar-refractivity contribution < 1.29 is 9.59 Å². The van der Waals surface area contributed by atoms with Crippen LogP contribution in [0.2, 0.25) is 0 Å². The maximum Gasteiger partial charge on any atom is 0.250 e. The summed E-state index contributed by atoms with van der Waals surface area (Å²) in [6, 6.07) is 7.61. The molecular formula is C21H26N4O2. The van der Waals surface area contributed by atoms with Gasteiger partial charge in [-0.25, -0.2) is 0 Å². The number of benzene rings is 1. The first-order valence-corrected chi connectivity index (χ1v) is 9.28. The van der Waals surface area contributed by atoms with Gasteiger partial charge in [-0.15, -0.1) is 0 Å². The Balaban J connectivity index is 1.85. The highest BCUT2D eigenvalue weighted by atomic mass is 16.2. The van der Waals surface area contributed by atoms with E-state index < -0.39 is 0 Å². The fraction of sp³-hybridized carbons (Fsp3) is 0.381. The lowest BCUT2D eigenvalue weighted by molar-refractivity contribution is -0.117. The fourth-order valence-electron chi connectivity index (χ4n) is 3.05. The van der Waals surface area contributed by atoms with Gasteiger partial charge in [-0.05, 0) is 57.9 Å². The third-order valence-electron chi connectivity index (χ3n) is 4.78. The summed E-state index contributed by atoms with van der Waals surface area (Å²) in [5.41, 5.74) is 3.42. The van der Waals surface area contributed by atoms with Gasteiger partial charge < -0.3 is 10.2 Å². The highest BCUT2D eigenvalue weighted by molar-refractivity contribution is 6.02. The minimum Gasteiger partial charge on any atom is -0.326 e. The van der Waals surface area contributed by atoms with Crippen LogP contribution in [0, 0.1) is 12.8 Å². The van der Waals surface area contributed by atoms with Gasteiger partial charge in [0.05, 0.1) is 12.7 Å². The van der Waals surface area contributed by atoms with Crippen molar-refractivity contribution in [3.63, 3.8) is 0 Å². The number of aromatic nitrogens is 2. The largest absolute Gasteiger partial charge is 0.326 e. The molecule has 1 aliphatic rings. The van der Waals surface area contributed by atoms with Crippen LogP contribution in [0.4, 0.5) is 11.4 Å².